The number of carbonyl (C=O) groups is 1. The molecule has 1 amide bonds. The lowest BCUT2D eigenvalue weighted by atomic mass is 9.89. The Labute approximate surface area is 182 Å². The van der Waals surface area contributed by atoms with Gasteiger partial charge in [-0.15, -0.1) is 0 Å². The molecule has 1 saturated heterocycles. The number of amides is 1. The van der Waals surface area contributed by atoms with E-state index in [1.165, 1.54) is 0 Å². The minimum Gasteiger partial charge on any atom is -0.385 e. The van der Waals surface area contributed by atoms with E-state index < -0.39 is 6.10 Å². The number of imidazole rings is 1. The zero-order valence-corrected chi connectivity index (χ0v) is 18.2. The number of carbonyl (C=O) groups excluding carboxylic acids is 1. The lowest BCUT2D eigenvalue weighted by Gasteiger charge is -2.40. The maximum absolute atomic E-state index is 13.2. The maximum Gasteiger partial charge on any atom is 0.254 e. The van der Waals surface area contributed by atoms with Crippen molar-refractivity contribution >= 4 is 5.91 Å². The highest BCUT2D eigenvalue weighted by Crippen LogP contribution is 2.32. The number of aliphatic hydroxyl groups is 1. The minimum absolute atomic E-state index is 0.0209. The van der Waals surface area contributed by atoms with Gasteiger partial charge in [0.25, 0.3) is 5.91 Å². The third-order valence-corrected chi connectivity index (χ3v) is 6.04. The number of aromatic amines is 1. The van der Waals surface area contributed by atoms with Crippen LogP contribution in [-0.2, 0) is 0 Å². The van der Waals surface area contributed by atoms with E-state index in [0.717, 1.165) is 33.6 Å². The number of rotatable bonds is 4. The van der Waals surface area contributed by atoms with Gasteiger partial charge in [0, 0.05) is 35.8 Å². The summed E-state index contributed by atoms with van der Waals surface area (Å²) in [5.41, 5.74) is 7.00. The average Bonchev–Trinajstić information content (AvgIpc) is 3.09. The summed E-state index contributed by atoms with van der Waals surface area (Å²) >= 11 is 0. The minimum atomic E-state index is -0.681. The summed E-state index contributed by atoms with van der Waals surface area (Å²) in [7, 11) is 0. The monoisotopic (exact) mass is 414 g/mol. The largest absolute Gasteiger partial charge is 0.385 e. The average molecular weight is 415 g/mol. The standard InChI is InChI=1S/C25H26N4O2/c1-14-9-15(2)22(10-21(14)23-16(3)27-24(28-23)17(4)30)25(31)29-12-20(13-29)19-7-5-18(11-26)6-8-19/h5-10,17,20,30H,12-13H2,1-4H3,(H,27,28). The van der Waals surface area contributed by atoms with E-state index in [1.54, 1.807) is 6.92 Å². The molecule has 0 saturated carbocycles. The van der Waals surface area contributed by atoms with Gasteiger partial charge >= 0.3 is 0 Å². The Kier molecular flexibility index (Phi) is 5.38. The molecule has 1 atom stereocenters. The number of H-pyrrole nitrogens is 1. The van der Waals surface area contributed by atoms with Crippen molar-refractivity contribution in [2.24, 2.45) is 0 Å². The molecule has 1 unspecified atom stereocenters. The second kappa shape index (κ2) is 8.01. The molecule has 0 bridgehead atoms. The summed E-state index contributed by atoms with van der Waals surface area (Å²) in [6.07, 6.45) is -0.681. The number of aromatic nitrogens is 2. The molecule has 0 aliphatic carbocycles. The molecule has 6 heteroatoms. The second-order valence-corrected chi connectivity index (χ2v) is 8.39. The van der Waals surface area contributed by atoms with E-state index in [4.69, 9.17) is 5.26 Å². The molecule has 0 spiro atoms. The van der Waals surface area contributed by atoms with Gasteiger partial charge in [-0.2, -0.15) is 5.26 Å². The number of hydrogen-bond donors (Lipinski definition) is 2. The lowest BCUT2D eigenvalue weighted by Crippen LogP contribution is -2.48. The van der Waals surface area contributed by atoms with Crippen molar-refractivity contribution in [3.8, 4) is 17.3 Å². The molecule has 4 rings (SSSR count). The molecule has 1 aromatic heterocycles. The predicted octanol–water partition coefficient (Wildman–Crippen LogP) is 4.17. The molecule has 2 heterocycles. The fourth-order valence-electron chi connectivity index (χ4n) is 4.14. The predicted molar refractivity (Wildman–Crippen MR) is 119 cm³/mol. The summed E-state index contributed by atoms with van der Waals surface area (Å²) in [6.45, 7) is 8.90. The van der Waals surface area contributed by atoms with Crippen molar-refractivity contribution < 1.29 is 9.90 Å². The Morgan fingerprint density at radius 1 is 1.19 bits per heavy atom. The molecule has 2 aromatic carbocycles. The third kappa shape index (κ3) is 3.85. The Morgan fingerprint density at radius 2 is 1.87 bits per heavy atom. The second-order valence-electron chi connectivity index (χ2n) is 8.39. The van der Waals surface area contributed by atoms with Crippen molar-refractivity contribution in [1.82, 2.24) is 14.9 Å². The first-order chi connectivity index (χ1) is 14.8. The number of hydrogen-bond acceptors (Lipinski definition) is 4. The molecular formula is C25H26N4O2. The van der Waals surface area contributed by atoms with Crippen LogP contribution >= 0.6 is 0 Å². The number of aryl methyl sites for hydroxylation is 3. The summed E-state index contributed by atoms with van der Waals surface area (Å²) in [6, 6.07) is 13.7. The van der Waals surface area contributed by atoms with E-state index in [9.17, 15) is 9.90 Å². The normalized spacial score (nSPS) is 14.8. The van der Waals surface area contributed by atoms with Gasteiger partial charge in [0.1, 0.15) is 11.9 Å². The summed E-state index contributed by atoms with van der Waals surface area (Å²) in [5, 5.41) is 18.8. The zero-order valence-electron chi connectivity index (χ0n) is 18.2. The molecular weight excluding hydrogens is 388 g/mol. The molecule has 2 N–H and O–H groups in total. The quantitative estimate of drug-likeness (QED) is 0.670. The lowest BCUT2D eigenvalue weighted by molar-refractivity contribution is 0.0601. The van der Waals surface area contributed by atoms with E-state index >= 15 is 0 Å². The topological polar surface area (TPSA) is 93.0 Å². The van der Waals surface area contributed by atoms with Crippen molar-refractivity contribution in [3.63, 3.8) is 0 Å². The highest BCUT2D eigenvalue weighted by molar-refractivity contribution is 5.97. The van der Waals surface area contributed by atoms with E-state index in [2.05, 4.69) is 16.0 Å². The first-order valence-corrected chi connectivity index (χ1v) is 10.4. The van der Waals surface area contributed by atoms with Crippen LogP contribution in [0.3, 0.4) is 0 Å². The van der Waals surface area contributed by atoms with Crippen LogP contribution in [0.5, 0.6) is 0 Å². The number of benzene rings is 2. The summed E-state index contributed by atoms with van der Waals surface area (Å²) < 4.78 is 0. The summed E-state index contributed by atoms with van der Waals surface area (Å²) in [4.78, 5) is 22.8. The molecule has 1 aliphatic rings. The Balaban J connectivity index is 1.57. The molecule has 3 aromatic rings. The van der Waals surface area contributed by atoms with Gasteiger partial charge in [-0.1, -0.05) is 18.2 Å². The van der Waals surface area contributed by atoms with Gasteiger partial charge in [0.15, 0.2) is 0 Å². The molecule has 31 heavy (non-hydrogen) atoms. The van der Waals surface area contributed by atoms with E-state index in [0.29, 0.717) is 36.0 Å². The van der Waals surface area contributed by atoms with Crippen LogP contribution in [0.1, 0.15) is 63.1 Å². The van der Waals surface area contributed by atoms with Crippen molar-refractivity contribution in [2.45, 2.75) is 39.7 Å². The molecule has 1 aliphatic heterocycles. The van der Waals surface area contributed by atoms with Crippen molar-refractivity contribution in [1.29, 1.82) is 5.26 Å². The van der Waals surface area contributed by atoms with Crippen LogP contribution in [0.15, 0.2) is 36.4 Å². The fraction of sp³-hybridized carbons (Fsp3) is 0.320. The fourth-order valence-corrected chi connectivity index (χ4v) is 4.14. The highest BCUT2D eigenvalue weighted by Gasteiger charge is 2.33. The number of likely N-dealkylation sites (tertiary alicyclic amines) is 1. The van der Waals surface area contributed by atoms with Crippen molar-refractivity contribution in [3.05, 3.63) is 75.7 Å². The van der Waals surface area contributed by atoms with Crippen LogP contribution in [-0.4, -0.2) is 39.0 Å². The highest BCUT2D eigenvalue weighted by atomic mass is 16.3. The molecule has 158 valence electrons. The van der Waals surface area contributed by atoms with Crippen LogP contribution in [0, 0.1) is 32.1 Å². The van der Waals surface area contributed by atoms with E-state index in [-0.39, 0.29) is 5.91 Å². The Hall–Kier alpha value is -3.43. The van der Waals surface area contributed by atoms with Crippen LogP contribution in [0.4, 0.5) is 0 Å². The van der Waals surface area contributed by atoms with Crippen LogP contribution in [0.25, 0.3) is 11.3 Å². The van der Waals surface area contributed by atoms with E-state index in [1.807, 2.05) is 62.1 Å². The smallest absolute Gasteiger partial charge is 0.254 e. The van der Waals surface area contributed by atoms with Gasteiger partial charge in [-0.25, -0.2) is 4.98 Å². The van der Waals surface area contributed by atoms with Gasteiger partial charge in [-0.05, 0) is 62.6 Å². The van der Waals surface area contributed by atoms with Gasteiger partial charge < -0.3 is 15.0 Å². The number of aliphatic hydroxyl groups excluding tert-OH is 1. The maximum atomic E-state index is 13.2. The zero-order chi connectivity index (χ0) is 22.3. The summed E-state index contributed by atoms with van der Waals surface area (Å²) in [5.74, 6) is 0.838. The Bertz CT molecular complexity index is 1180. The Morgan fingerprint density at radius 3 is 2.45 bits per heavy atom. The van der Waals surface area contributed by atoms with Gasteiger partial charge in [0.05, 0.1) is 17.3 Å². The molecule has 1 fully saturated rings. The van der Waals surface area contributed by atoms with Crippen LogP contribution < -0.4 is 0 Å². The number of nitriles is 1. The number of nitrogens with one attached hydrogen (secondary N) is 1. The number of nitrogens with zero attached hydrogens (tertiary/aromatic N) is 3. The SMILES string of the molecule is Cc1cc(C)c(-c2nc(C(C)O)[nH]c2C)cc1C(=O)N1CC(c2ccc(C#N)cc2)C1. The van der Waals surface area contributed by atoms with Crippen LogP contribution in [0.2, 0.25) is 0 Å². The third-order valence-electron chi connectivity index (χ3n) is 6.04. The van der Waals surface area contributed by atoms with Crippen molar-refractivity contribution in [2.75, 3.05) is 13.1 Å². The molecule has 0 radical (unpaired) electrons. The van der Waals surface area contributed by atoms with Gasteiger partial charge in [0.2, 0.25) is 0 Å². The first kappa shape index (κ1) is 20.8. The molecule has 6 nitrogen and oxygen atoms in total. The first-order valence-electron chi connectivity index (χ1n) is 10.4. The van der Waals surface area contributed by atoms with Gasteiger partial charge in [-0.3, -0.25) is 4.79 Å².